The van der Waals surface area contributed by atoms with Gasteiger partial charge in [0.05, 0.1) is 0 Å². The second kappa shape index (κ2) is 5.58. The van der Waals surface area contributed by atoms with Gasteiger partial charge in [-0.1, -0.05) is 17.7 Å². The van der Waals surface area contributed by atoms with E-state index in [1.807, 2.05) is 31.2 Å². The lowest BCUT2D eigenvalue weighted by Gasteiger charge is -2.11. The van der Waals surface area contributed by atoms with Crippen molar-refractivity contribution in [1.82, 2.24) is 0 Å². The molecule has 0 aromatic heterocycles. The first-order valence-corrected chi connectivity index (χ1v) is 7.92. The second-order valence-corrected chi connectivity index (χ2v) is 6.55. The lowest BCUT2D eigenvalue weighted by Crippen LogP contribution is -2.15. The standard InChI is InChI=1S/C16H16ClNOS/c1-10-2-5-16(14(18)6-10)20-9-13-8-11-7-12(17)3-4-15(11)19-13/h2-7,13H,8-9,18H2,1H3. The molecule has 20 heavy (non-hydrogen) atoms. The number of hydrogen-bond donors (Lipinski definition) is 1. The maximum atomic E-state index is 6.03. The third-order valence-electron chi connectivity index (χ3n) is 3.35. The molecule has 104 valence electrons. The Bertz CT molecular complexity index is 644. The van der Waals surface area contributed by atoms with Crippen molar-refractivity contribution >= 4 is 29.1 Å². The van der Waals surface area contributed by atoms with Gasteiger partial charge in [0.25, 0.3) is 0 Å². The van der Waals surface area contributed by atoms with Gasteiger partial charge in [-0.25, -0.2) is 0 Å². The van der Waals surface area contributed by atoms with E-state index in [2.05, 4.69) is 12.1 Å². The molecule has 3 rings (SSSR count). The third kappa shape index (κ3) is 2.89. The number of benzene rings is 2. The molecule has 1 aliphatic rings. The number of rotatable bonds is 3. The Labute approximate surface area is 128 Å². The summed E-state index contributed by atoms with van der Waals surface area (Å²) in [6, 6.07) is 12.0. The molecule has 1 unspecified atom stereocenters. The number of aryl methyl sites for hydroxylation is 1. The van der Waals surface area contributed by atoms with Crippen LogP contribution < -0.4 is 10.5 Å². The van der Waals surface area contributed by atoms with Crippen LogP contribution in [0.4, 0.5) is 5.69 Å². The maximum Gasteiger partial charge on any atom is 0.123 e. The summed E-state index contributed by atoms with van der Waals surface area (Å²) >= 11 is 7.75. The highest BCUT2D eigenvalue weighted by atomic mass is 35.5. The molecule has 0 amide bonds. The molecular weight excluding hydrogens is 290 g/mol. The molecule has 2 nitrogen and oxygen atoms in total. The first-order chi connectivity index (χ1) is 9.61. The predicted octanol–water partition coefficient (Wildman–Crippen LogP) is 4.33. The van der Waals surface area contributed by atoms with Gasteiger partial charge in [0.15, 0.2) is 0 Å². The van der Waals surface area contributed by atoms with Crippen molar-refractivity contribution in [2.24, 2.45) is 0 Å². The van der Waals surface area contributed by atoms with Gasteiger partial charge in [0, 0.05) is 27.8 Å². The van der Waals surface area contributed by atoms with Crippen molar-refractivity contribution < 1.29 is 4.74 Å². The molecule has 0 fully saturated rings. The van der Waals surface area contributed by atoms with Crippen molar-refractivity contribution in [1.29, 1.82) is 0 Å². The van der Waals surface area contributed by atoms with Gasteiger partial charge in [0.1, 0.15) is 11.9 Å². The summed E-state index contributed by atoms with van der Waals surface area (Å²) in [7, 11) is 0. The largest absolute Gasteiger partial charge is 0.489 e. The summed E-state index contributed by atoms with van der Waals surface area (Å²) in [5, 5.41) is 0.767. The molecule has 0 bridgehead atoms. The minimum absolute atomic E-state index is 0.189. The Morgan fingerprint density at radius 2 is 2.15 bits per heavy atom. The highest BCUT2D eigenvalue weighted by Crippen LogP contribution is 2.34. The predicted molar refractivity (Wildman–Crippen MR) is 85.9 cm³/mol. The highest BCUT2D eigenvalue weighted by Gasteiger charge is 2.23. The number of thioether (sulfide) groups is 1. The van der Waals surface area contributed by atoms with Crippen LogP contribution in [0.5, 0.6) is 5.75 Å². The molecule has 1 heterocycles. The molecule has 1 atom stereocenters. The number of halogens is 1. The minimum Gasteiger partial charge on any atom is -0.489 e. The van der Waals surface area contributed by atoms with Crippen molar-refractivity contribution in [2.45, 2.75) is 24.3 Å². The minimum atomic E-state index is 0.189. The molecule has 0 radical (unpaired) electrons. The first kappa shape index (κ1) is 13.7. The van der Waals surface area contributed by atoms with Crippen LogP contribution in [-0.2, 0) is 6.42 Å². The van der Waals surface area contributed by atoms with E-state index in [1.54, 1.807) is 11.8 Å². The van der Waals surface area contributed by atoms with Crippen molar-refractivity contribution in [3.05, 3.63) is 52.5 Å². The molecule has 0 saturated carbocycles. The third-order valence-corrected chi connectivity index (χ3v) is 4.81. The van der Waals surface area contributed by atoms with Gasteiger partial charge in [-0.2, -0.15) is 0 Å². The summed E-state index contributed by atoms with van der Waals surface area (Å²) in [5.41, 5.74) is 9.25. The van der Waals surface area contributed by atoms with E-state index in [0.29, 0.717) is 0 Å². The number of fused-ring (bicyclic) bond motifs is 1. The molecule has 0 saturated heterocycles. The number of hydrogen-bond acceptors (Lipinski definition) is 3. The SMILES string of the molecule is Cc1ccc(SCC2Cc3cc(Cl)ccc3O2)c(N)c1. The Morgan fingerprint density at radius 1 is 1.30 bits per heavy atom. The second-order valence-electron chi connectivity index (χ2n) is 5.05. The van der Waals surface area contributed by atoms with Crippen LogP contribution >= 0.6 is 23.4 Å². The fourth-order valence-electron chi connectivity index (χ4n) is 2.36. The molecule has 2 N–H and O–H groups in total. The van der Waals surface area contributed by atoms with Crippen LogP contribution in [-0.4, -0.2) is 11.9 Å². The Balaban J connectivity index is 1.63. The molecule has 0 spiro atoms. The van der Waals surface area contributed by atoms with E-state index in [-0.39, 0.29) is 6.10 Å². The Kier molecular flexibility index (Phi) is 3.81. The van der Waals surface area contributed by atoms with E-state index in [9.17, 15) is 0 Å². The van der Waals surface area contributed by atoms with Crippen LogP contribution in [0.25, 0.3) is 0 Å². The zero-order valence-electron chi connectivity index (χ0n) is 11.2. The number of anilines is 1. The summed E-state index contributed by atoms with van der Waals surface area (Å²) < 4.78 is 5.93. The van der Waals surface area contributed by atoms with Crippen LogP contribution in [0.15, 0.2) is 41.3 Å². The molecule has 4 heteroatoms. The molecule has 2 aromatic carbocycles. The van der Waals surface area contributed by atoms with Crippen molar-refractivity contribution in [3.63, 3.8) is 0 Å². The van der Waals surface area contributed by atoms with E-state index in [1.165, 1.54) is 11.1 Å². The summed E-state index contributed by atoms with van der Waals surface area (Å²) in [4.78, 5) is 1.12. The average Bonchev–Trinajstić information content (AvgIpc) is 2.79. The van der Waals surface area contributed by atoms with Gasteiger partial charge in [0.2, 0.25) is 0 Å². The number of ether oxygens (including phenoxy) is 1. The van der Waals surface area contributed by atoms with Gasteiger partial charge in [-0.15, -0.1) is 11.8 Å². The van der Waals surface area contributed by atoms with Gasteiger partial charge in [-0.3, -0.25) is 0 Å². The van der Waals surface area contributed by atoms with Crippen LogP contribution in [0, 0.1) is 6.92 Å². The normalized spacial score (nSPS) is 16.8. The first-order valence-electron chi connectivity index (χ1n) is 6.56. The van der Waals surface area contributed by atoms with Crippen LogP contribution in [0.1, 0.15) is 11.1 Å². The zero-order chi connectivity index (χ0) is 14.1. The zero-order valence-corrected chi connectivity index (χ0v) is 12.8. The topological polar surface area (TPSA) is 35.2 Å². The quantitative estimate of drug-likeness (QED) is 0.677. The van der Waals surface area contributed by atoms with Crippen molar-refractivity contribution in [2.75, 3.05) is 11.5 Å². The average molecular weight is 306 g/mol. The molecule has 1 aliphatic heterocycles. The monoisotopic (exact) mass is 305 g/mol. The Morgan fingerprint density at radius 3 is 2.95 bits per heavy atom. The van der Waals surface area contributed by atoms with E-state index in [0.717, 1.165) is 33.5 Å². The summed E-state index contributed by atoms with van der Waals surface area (Å²) in [6.45, 7) is 2.05. The lowest BCUT2D eigenvalue weighted by atomic mass is 10.1. The van der Waals surface area contributed by atoms with E-state index in [4.69, 9.17) is 22.1 Å². The van der Waals surface area contributed by atoms with E-state index < -0.39 is 0 Å². The summed E-state index contributed by atoms with van der Waals surface area (Å²) in [5.74, 6) is 1.84. The molecule has 0 aliphatic carbocycles. The van der Waals surface area contributed by atoms with E-state index >= 15 is 0 Å². The highest BCUT2D eigenvalue weighted by molar-refractivity contribution is 7.99. The fraction of sp³-hybridized carbons (Fsp3) is 0.250. The number of nitrogens with two attached hydrogens (primary N) is 1. The Hall–Kier alpha value is -1.32. The van der Waals surface area contributed by atoms with Crippen LogP contribution in [0.3, 0.4) is 0 Å². The summed E-state index contributed by atoms with van der Waals surface area (Å²) in [6.07, 6.45) is 1.10. The van der Waals surface area contributed by atoms with Crippen LogP contribution in [0.2, 0.25) is 5.02 Å². The fourth-order valence-corrected chi connectivity index (χ4v) is 3.50. The van der Waals surface area contributed by atoms with Gasteiger partial charge in [-0.05, 0) is 48.4 Å². The van der Waals surface area contributed by atoms with Crippen molar-refractivity contribution in [3.8, 4) is 5.75 Å². The smallest absolute Gasteiger partial charge is 0.123 e. The van der Waals surface area contributed by atoms with Gasteiger partial charge >= 0.3 is 0 Å². The van der Waals surface area contributed by atoms with Gasteiger partial charge < -0.3 is 10.5 Å². The number of nitrogen functional groups attached to an aromatic ring is 1. The molecular formula is C16H16ClNOS. The maximum absolute atomic E-state index is 6.03. The molecule has 2 aromatic rings. The lowest BCUT2D eigenvalue weighted by molar-refractivity contribution is 0.259.